The molecule has 3 rings (SSSR count). The minimum absolute atomic E-state index is 0.530. The Morgan fingerprint density at radius 1 is 1.29 bits per heavy atom. The fraction of sp³-hybridized carbons (Fsp3) is 0.294. The van der Waals surface area contributed by atoms with Crippen LogP contribution in [0.2, 0.25) is 0 Å². The number of piperazine rings is 1. The highest BCUT2D eigenvalue weighted by Gasteiger charge is 2.19. The van der Waals surface area contributed by atoms with Crippen molar-refractivity contribution < 1.29 is 10.0 Å². The number of rotatable bonds is 5. The molecule has 126 valence electrons. The molecule has 2 N–H and O–H groups in total. The van der Waals surface area contributed by atoms with Crippen molar-refractivity contribution in [2.75, 3.05) is 31.1 Å². The predicted molar refractivity (Wildman–Crippen MR) is 95.0 cm³/mol. The molecule has 1 fully saturated rings. The molecule has 0 bridgehead atoms. The second kappa shape index (κ2) is 8.05. The minimum Gasteiger partial charge on any atom is -0.368 e. The molecular formula is C17H20N4O2S. The Labute approximate surface area is 145 Å². The van der Waals surface area contributed by atoms with Crippen molar-refractivity contribution in [3.8, 4) is 0 Å². The molecule has 2 aromatic rings. The maximum Gasteiger partial charge on any atom is 0.267 e. The van der Waals surface area contributed by atoms with Crippen molar-refractivity contribution >= 4 is 29.0 Å². The third-order valence-electron chi connectivity index (χ3n) is 4.02. The van der Waals surface area contributed by atoms with Gasteiger partial charge in [-0.15, -0.1) is 11.3 Å². The van der Waals surface area contributed by atoms with E-state index in [9.17, 15) is 4.79 Å². The lowest BCUT2D eigenvalue weighted by Crippen LogP contribution is -2.46. The van der Waals surface area contributed by atoms with E-state index in [1.807, 2.05) is 29.8 Å². The monoisotopic (exact) mass is 344 g/mol. The third kappa shape index (κ3) is 4.19. The molecule has 0 radical (unpaired) electrons. The second-order valence-electron chi connectivity index (χ2n) is 5.56. The molecule has 2 heterocycles. The Kier molecular flexibility index (Phi) is 5.58. The largest absolute Gasteiger partial charge is 0.368 e. The van der Waals surface area contributed by atoms with Gasteiger partial charge in [-0.05, 0) is 17.7 Å². The first-order chi connectivity index (χ1) is 11.8. The summed E-state index contributed by atoms with van der Waals surface area (Å²) in [6.07, 6.45) is 4.90. The van der Waals surface area contributed by atoms with Crippen LogP contribution in [-0.4, -0.2) is 47.2 Å². The van der Waals surface area contributed by atoms with E-state index in [-0.39, 0.29) is 0 Å². The molecule has 1 aromatic heterocycles. The average molecular weight is 344 g/mol. The topological polar surface area (TPSA) is 68.7 Å². The lowest BCUT2D eigenvalue weighted by Gasteiger charge is -2.36. The number of nitrogens with zero attached hydrogens (tertiary/aromatic N) is 3. The molecule has 0 atom stereocenters. The molecule has 1 aromatic carbocycles. The number of benzene rings is 1. The average Bonchev–Trinajstić information content (AvgIpc) is 3.13. The Bertz CT molecular complexity index is 694. The number of hydrogen-bond donors (Lipinski definition) is 2. The van der Waals surface area contributed by atoms with Crippen molar-refractivity contribution in [2.24, 2.45) is 0 Å². The summed E-state index contributed by atoms with van der Waals surface area (Å²) in [7, 11) is 0. The van der Waals surface area contributed by atoms with Gasteiger partial charge in [0.05, 0.1) is 6.54 Å². The first-order valence-electron chi connectivity index (χ1n) is 7.83. The van der Waals surface area contributed by atoms with E-state index in [2.05, 4.69) is 20.9 Å². The fourth-order valence-electron chi connectivity index (χ4n) is 2.79. The molecule has 0 aliphatic carbocycles. The summed E-state index contributed by atoms with van der Waals surface area (Å²) in [6, 6.07) is 7.98. The maximum absolute atomic E-state index is 11.2. The first-order valence-corrected chi connectivity index (χ1v) is 8.71. The van der Waals surface area contributed by atoms with Crippen molar-refractivity contribution in [2.45, 2.75) is 6.54 Å². The molecular weight excluding hydrogens is 324 g/mol. The van der Waals surface area contributed by atoms with Crippen LogP contribution in [-0.2, 0) is 11.3 Å². The first kappa shape index (κ1) is 16.6. The van der Waals surface area contributed by atoms with Crippen molar-refractivity contribution in [1.29, 1.82) is 0 Å². The van der Waals surface area contributed by atoms with Gasteiger partial charge < -0.3 is 4.90 Å². The number of hydrogen-bond acceptors (Lipinski definition) is 6. The zero-order valence-corrected chi connectivity index (χ0v) is 14.1. The summed E-state index contributed by atoms with van der Waals surface area (Å²) in [6.45, 7) is 4.73. The molecule has 1 amide bonds. The quantitative estimate of drug-likeness (QED) is 0.493. The van der Waals surface area contributed by atoms with E-state index in [1.54, 1.807) is 22.9 Å². The molecule has 0 spiro atoms. The third-order valence-corrected chi connectivity index (χ3v) is 4.78. The number of aromatic nitrogens is 1. The maximum atomic E-state index is 11.2. The van der Waals surface area contributed by atoms with E-state index in [1.165, 1.54) is 6.08 Å². The summed E-state index contributed by atoms with van der Waals surface area (Å²) in [5.41, 5.74) is 3.68. The summed E-state index contributed by atoms with van der Waals surface area (Å²) in [4.78, 5) is 20.3. The molecule has 24 heavy (non-hydrogen) atoms. The smallest absolute Gasteiger partial charge is 0.267 e. The van der Waals surface area contributed by atoms with Gasteiger partial charge in [0.1, 0.15) is 5.01 Å². The van der Waals surface area contributed by atoms with Crippen LogP contribution in [0.1, 0.15) is 10.6 Å². The molecule has 7 heteroatoms. The van der Waals surface area contributed by atoms with Crippen molar-refractivity contribution in [1.82, 2.24) is 15.4 Å². The van der Waals surface area contributed by atoms with Crippen LogP contribution in [0.3, 0.4) is 0 Å². The summed E-state index contributed by atoms with van der Waals surface area (Å²) < 4.78 is 0. The van der Waals surface area contributed by atoms with Gasteiger partial charge in [0, 0.05) is 49.5 Å². The fourth-order valence-corrected chi connectivity index (χ4v) is 3.45. The van der Waals surface area contributed by atoms with Crippen LogP contribution in [0.4, 0.5) is 5.69 Å². The van der Waals surface area contributed by atoms with Crippen LogP contribution < -0.4 is 10.4 Å². The number of para-hydroxylation sites is 1. The van der Waals surface area contributed by atoms with E-state index in [0.29, 0.717) is 0 Å². The van der Waals surface area contributed by atoms with Crippen LogP contribution in [0.25, 0.3) is 6.08 Å². The summed E-state index contributed by atoms with van der Waals surface area (Å²) >= 11 is 1.69. The van der Waals surface area contributed by atoms with Crippen LogP contribution in [0, 0.1) is 0 Å². The van der Waals surface area contributed by atoms with Gasteiger partial charge in [0.2, 0.25) is 0 Å². The van der Waals surface area contributed by atoms with Gasteiger partial charge >= 0.3 is 0 Å². The summed E-state index contributed by atoms with van der Waals surface area (Å²) in [5, 5.41) is 11.8. The molecule has 1 saturated heterocycles. The van der Waals surface area contributed by atoms with Crippen molar-refractivity contribution in [3.63, 3.8) is 0 Å². The van der Waals surface area contributed by atoms with Crippen LogP contribution in [0.5, 0.6) is 0 Å². The highest BCUT2D eigenvalue weighted by atomic mass is 32.1. The normalized spacial score (nSPS) is 15.8. The Hall–Kier alpha value is -2.22. The standard InChI is InChI=1S/C17H20N4O2S/c22-16(19-23)6-5-14-3-1-2-4-15(14)21-10-8-20(9-11-21)13-17-18-7-12-24-17/h1-7,12,23H,8-11,13H2,(H,19,22). The zero-order valence-electron chi connectivity index (χ0n) is 13.3. The van der Waals surface area contributed by atoms with Gasteiger partial charge in [0.15, 0.2) is 0 Å². The van der Waals surface area contributed by atoms with E-state index in [4.69, 9.17) is 5.21 Å². The van der Waals surface area contributed by atoms with Gasteiger partial charge in [-0.2, -0.15) is 0 Å². The number of nitrogens with one attached hydrogen (secondary N) is 1. The lowest BCUT2D eigenvalue weighted by atomic mass is 10.1. The number of hydroxylamine groups is 1. The highest BCUT2D eigenvalue weighted by molar-refractivity contribution is 7.09. The van der Waals surface area contributed by atoms with Gasteiger partial charge in [-0.3, -0.25) is 14.9 Å². The SMILES string of the molecule is O=C(C=Cc1ccccc1N1CCN(Cc2nccs2)CC1)NO. The molecule has 0 saturated carbocycles. The van der Waals surface area contributed by atoms with E-state index >= 15 is 0 Å². The lowest BCUT2D eigenvalue weighted by molar-refractivity contribution is -0.124. The predicted octanol–water partition coefficient (Wildman–Crippen LogP) is 1.98. The highest BCUT2D eigenvalue weighted by Crippen LogP contribution is 2.23. The number of carbonyl (C=O) groups excluding carboxylic acids is 1. The van der Waals surface area contributed by atoms with Gasteiger partial charge in [-0.25, -0.2) is 10.5 Å². The molecule has 1 aliphatic rings. The summed E-state index contributed by atoms with van der Waals surface area (Å²) in [5.74, 6) is -0.530. The number of carbonyl (C=O) groups is 1. The Morgan fingerprint density at radius 2 is 2.08 bits per heavy atom. The zero-order chi connectivity index (χ0) is 16.8. The number of anilines is 1. The number of amides is 1. The van der Waals surface area contributed by atoms with E-state index in [0.717, 1.165) is 49.0 Å². The molecule has 0 unspecified atom stereocenters. The minimum atomic E-state index is -0.530. The molecule has 6 nitrogen and oxygen atoms in total. The van der Waals surface area contributed by atoms with Crippen LogP contribution in [0.15, 0.2) is 41.9 Å². The van der Waals surface area contributed by atoms with Gasteiger partial charge in [0.25, 0.3) is 5.91 Å². The molecule has 1 aliphatic heterocycles. The number of thiazole rings is 1. The van der Waals surface area contributed by atoms with E-state index < -0.39 is 5.91 Å². The second-order valence-corrected chi connectivity index (χ2v) is 6.54. The Balaban J connectivity index is 1.64. The van der Waals surface area contributed by atoms with Gasteiger partial charge in [-0.1, -0.05) is 18.2 Å². The van der Waals surface area contributed by atoms with Crippen LogP contribution >= 0.6 is 11.3 Å². The van der Waals surface area contributed by atoms with Crippen molar-refractivity contribution in [3.05, 3.63) is 52.5 Å². The Morgan fingerprint density at radius 3 is 2.79 bits per heavy atom.